The van der Waals surface area contributed by atoms with Gasteiger partial charge >= 0.3 is 0 Å². The summed E-state index contributed by atoms with van der Waals surface area (Å²) in [7, 11) is -2.85. The van der Waals surface area contributed by atoms with Crippen LogP contribution in [0.3, 0.4) is 0 Å². The number of rotatable bonds is 2. The van der Waals surface area contributed by atoms with Gasteiger partial charge in [-0.25, -0.2) is 8.42 Å². The van der Waals surface area contributed by atoms with Gasteiger partial charge in [0.1, 0.15) is 0 Å². The summed E-state index contributed by atoms with van der Waals surface area (Å²) in [6.07, 6.45) is 6.36. The monoisotopic (exact) mass is 241 g/mol. The molecule has 2 aliphatic rings. The molecular formula is C10H15N3O2S. The van der Waals surface area contributed by atoms with E-state index in [1.165, 1.54) is 0 Å². The smallest absolute Gasteiger partial charge is 0.152 e. The van der Waals surface area contributed by atoms with Crippen LogP contribution in [0.1, 0.15) is 30.9 Å². The Balaban J connectivity index is 1.83. The molecule has 0 bridgehead atoms. The maximum absolute atomic E-state index is 11.4. The SMILES string of the molecule is NC1(c2cnn(C3CCS(=O)(=O)C3)c2)CC1. The Morgan fingerprint density at radius 1 is 1.50 bits per heavy atom. The molecule has 5 nitrogen and oxygen atoms in total. The average Bonchev–Trinajstić information content (AvgIpc) is 2.68. The Kier molecular flexibility index (Phi) is 1.98. The lowest BCUT2D eigenvalue weighted by molar-refractivity contribution is 0.498. The first-order chi connectivity index (χ1) is 7.49. The zero-order chi connectivity index (χ0) is 11.4. The van der Waals surface area contributed by atoms with E-state index in [2.05, 4.69) is 5.10 Å². The van der Waals surface area contributed by atoms with Crippen molar-refractivity contribution in [1.82, 2.24) is 9.78 Å². The predicted molar refractivity (Wildman–Crippen MR) is 59.6 cm³/mol. The van der Waals surface area contributed by atoms with Gasteiger partial charge in [-0.1, -0.05) is 0 Å². The van der Waals surface area contributed by atoms with Crippen molar-refractivity contribution in [2.45, 2.75) is 30.8 Å². The van der Waals surface area contributed by atoms with E-state index in [0.29, 0.717) is 6.42 Å². The van der Waals surface area contributed by atoms with Crippen molar-refractivity contribution in [2.75, 3.05) is 11.5 Å². The quantitative estimate of drug-likeness (QED) is 0.801. The largest absolute Gasteiger partial charge is 0.321 e. The molecule has 1 aromatic heterocycles. The molecule has 6 heteroatoms. The van der Waals surface area contributed by atoms with Crippen molar-refractivity contribution in [2.24, 2.45) is 5.73 Å². The summed E-state index contributed by atoms with van der Waals surface area (Å²) in [4.78, 5) is 0. The summed E-state index contributed by atoms with van der Waals surface area (Å²) in [5.74, 6) is 0.492. The minimum Gasteiger partial charge on any atom is -0.321 e. The van der Waals surface area contributed by atoms with Crippen molar-refractivity contribution >= 4 is 9.84 Å². The lowest BCUT2D eigenvalue weighted by atomic mass is 10.1. The molecule has 0 spiro atoms. The fourth-order valence-electron chi connectivity index (χ4n) is 2.20. The first kappa shape index (κ1) is 10.3. The Morgan fingerprint density at radius 2 is 2.25 bits per heavy atom. The third-order valence-electron chi connectivity index (χ3n) is 3.55. The molecule has 16 heavy (non-hydrogen) atoms. The molecule has 0 radical (unpaired) electrons. The lowest BCUT2D eigenvalue weighted by Crippen LogP contribution is -2.18. The van der Waals surface area contributed by atoms with Gasteiger partial charge in [0.05, 0.1) is 23.7 Å². The van der Waals surface area contributed by atoms with Crippen LogP contribution in [0.15, 0.2) is 12.4 Å². The van der Waals surface area contributed by atoms with E-state index < -0.39 is 9.84 Å². The Bertz CT molecular complexity index is 516. The van der Waals surface area contributed by atoms with Gasteiger partial charge in [0.15, 0.2) is 9.84 Å². The van der Waals surface area contributed by atoms with Crippen LogP contribution in [0.4, 0.5) is 0 Å². The third-order valence-corrected chi connectivity index (χ3v) is 5.30. The number of aromatic nitrogens is 2. The van der Waals surface area contributed by atoms with Gasteiger partial charge < -0.3 is 5.73 Å². The number of sulfone groups is 1. The summed E-state index contributed by atoms with van der Waals surface area (Å²) < 4.78 is 24.5. The van der Waals surface area contributed by atoms with Crippen molar-refractivity contribution in [1.29, 1.82) is 0 Å². The summed E-state index contributed by atoms with van der Waals surface area (Å²) >= 11 is 0. The number of hydrogen-bond donors (Lipinski definition) is 1. The second kappa shape index (κ2) is 3.07. The lowest BCUT2D eigenvalue weighted by Gasteiger charge is -2.08. The van der Waals surface area contributed by atoms with E-state index in [9.17, 15) is 8.42 Å². The van der Waals surface area contributed by atoms with Crippen molar-refractivity contribution in [3.63, 3.8) is 0 Å². The predicted octanol–water partition coefficient (Wildman–Crippen LogP) is 0.190. The van der Waals surface area contributed by atoms with E-state index in [4.69, 9.17) is 5.73 Å². The number of nitrogens with zero attached hydrogens (tertiary/aromatic N) is 2. The normalized spacial score (nSPS) is 30.4. The fraction of sp³-hybridized carbons (Fsp3) is 0.700. The first-order valence-corrected chi connectivity index (χ1v) is 7.35. The van der Waals surface area contributed by atoms with Crippen LogP contribution in [0.5, 0.6) is 0 Å². The van der Waals surface area contributed by atoms with E-state index in [-0.39, 0.29) is 23.1 Å². The molecule has 0 aromatic carbocycles. The molecule has 2 N–H and O–H groups in total. The first-order valence-electron chi connectivity index (χ1n) is 5.52. The van der Waals surface area contributed by atoms with E-state index in [1.807, 2.05) is 6.20 Å². The molecule has 3 rings (SSSR count). The minimum absolute atomic E-state index is 0.00102. The maximum Gasteiger partial charge on any atom is 0.152 e. The van der Waals surface area contributed by atoms with Crippen LogP contribution in [0.25, 0.3) is 0 Å². The molecule has 1 saturated heterocycles. The Morgan fingerprint density at radius 3 is 2.81 bits per heavy atom. The van der Waals surface area contributed by atoms with E-state index in [0.717, 1.165) is 18.4 Å². The highest BCUT2D eigenvalue weighted by atomic mass is 32.2. The highest BCUT2D eigenvalue weighted by Crippen LogP contribution is 2.42. The fourth-order valence-corrected chi connectivity index (χ4v) is 3.91. The van der Waals surface area contributed by atoms with Crippen LogP contribution in [-0.4, -0.2) is 29.7 Å². The molecule has 88 valence electrons. The second-order valence-corrected chi connectivity index (χ2v) is 7.15. The van der Waals surface area contributed by atoms with Gasteiger partial charge in [-0.15, -0.1) is 0 Å². The Labute approximate surface area is 94.5 Å². The van der Waals surface area contributed by atoms with Crippen LogP contribution >= 0.6 is 0 Å². The number of hydrogen-bond acceptors (Lipinski definition) is 4. The molecule has 0 amide bonds. The zero-order valence-electron chi connectivity index (χ0n) is 8.96. The molecule has 1 aromatic rings. The third kappa shape index (κ3) is 1.66. The standard InChI is InChI=1S/C10H15N3O2S/c11-10(2-3-10)8-5-12-13(6-8)9-1-4-16(14,15)7-9/h5-6,9H,1-4,7,11H2. The highest BCUT2D eigenvalue weighted by Gasteiger charge is 2.41. The van der Waals surface area contributed by atoms with Crippen LogP contribution in [0.2, 0.25) is 0 Å². The van der Waals surface area contributed by atoms with Gasteiger partial charge in [-0.3, -0.25) is 4.68 Å². The highest BCUT2D eigenvalue weighted by molar-refractivity contribution is 7.91. The van der Waals surface area contributed by atoms with Crippen molar-refractivity contribution in [3.05, 3.63) is 18.0 Å². The van der Waals surface area contributed by atoms with Gasteiger partial charge in [-0.05, 0) is 19.3 Å². The molecule has 1 unspecified atom stereocenters. The molecule has 2 heterocycles. The summed E-state index contributed by atoms with van der Waals surface area (Å²) in [6.45, 7) is 0. The topological polar surface area (TPSA) is 78.0 Å². The summed E-state index contributed by atoms with van der Waals surface area (Å²) in [5.41, 5.74) is 6.92. The van der Waals surface area contributed by atoms with Gasteiger partial charge in [-0.2, -0.15) is 5.10 Å². The van der Waals surface area contributed by atoms with Crippen LogP contribution < -0.4 is 5.73 Å². The zero-order valence-corrected chi connectivity index (χ0v) is 9.78. The van der Waals surface area contributed by atoms with E-state index in [1.54, 1.807) is 10.9 Å². The molecule has 2 fully saturated rings. The van der Waals surface area contributed by atoms with Gasteiger partial charge in [0, 0.05) is 17.3 Å². The Hall–Kier alpha value is -0.880. The molecule has 1 saturated carbocycles. The van der Waals surface area contributed by atoms with Crippen molar-refractivity contribution < 1.29 is 8.42 Å². The molecule has 1 aliphatic carbocycles. The second-order valence-electron chi connectivity index (χ2n) is 4.92. The molecule has 1 aliphatic heterocycles. The van der Waals surface area contributed by atoms with Crippen molar-refractivity contribution in [3.8, 4) is 0 Å². The van der Waals surface area contributed by atoms with Crippen LogP contribution in [-0.2, 0) is 15.4 Å². The summed E-state index contributed by atoms with van der Waals surface area (Å²) in [6, 6.07) is 0.00102. The van der Waals surface area contributed by atoms with Crippen LogP contribution in [0, 0.1) is 0 Å². The maximum atomic E-state index is 11.4. The van der Waals surface area contributed by atoms with E-state index >= 15 is 0 Å². The van der Waals surface area contributed by atoms with Gasteiger partial charge in [0.2, 0.25) is 0 Å². The average molecular weight is 241 g/mol. The number of nitrogens with two attached hydrogens (primary N) is 1. The molecular weight excluding hydrogens is 226 g/mol. The summed E-state index contributed by atoms with van der Waals surface area (Å²) in [5, 5.41) is 4.24. The molecule has 1 atom stereocenters. The van der Waals surface area contributed by atoms with Gasteiger partial charge in [0.25, 0.3) is 0 Å². The minimum atomic E-state index is -2.85.